The average Bonchev–Trinajstić information content (AvgIpc) is 3.07. The van der Waals surface area contributed by atoms with Crippen LogP contribution >= 0.6 is 0 Å². The van der Waals surface area contributed by atoms with Gasteiger partial charge in [-0.05, 0) is 6.07 Å². The van der Waals surface area contributed by atoms with Gasteiger partial charge in [-0.2, -0.15) is 5.21 Å². The van der Waals surface area contributed by atoms with Gasteiger partial charge in [0.25, 0.3) is 0 Å². The standard InChI is InChI=1S/C15H13F3N6O/c1-8(14-12(18)6-19-7-20-14)15(25,5-13-21-23-24-22-13)10-3-2-9(16)4-11(10)17/h2-4,6-8,25H,5H2,1H3,(H,21,22,23,24)/t8-,15+/m0/s1. The van der Waals surface area contributed by atoms with Crippen LogP contribution in [0.25, 0.3) is 0 Å². The minimum atomic E-state index is -2.00. The summed E-state index contributed by atoms with van der Waals surface area (Å²) in [6, 6.07) is 2.74. The van der Waals surface area contributed by atoms with E-state index in [1.54, 1.807) is 0 Å². The number of rotatable bonds is 5. The summed E-state index contributed by atoms with van der Waals surface area (Å²) in [5.74, 6) is -3.48. The van der Waals surface area contributed by atoms with E-state index in [0.717, 1.165) is 24.7 Å². The molecule has 0 bridgehead atoms. The molecule has 0 aliphatic rings. The van der Waals surface area contributed by atoms with Gasteiger partial charge in [-0.1, -0.05) is 18.2 Å². The molecule has 0 radical (unpaired) electrons. The van der Waals surface area contributed by atoms with E-state index < -0.39 is 29.0 Å². The zero-order valence-corrected chi connectivity index (χ0v) is 13.0. The number of hydrogen-bond acceptors (Lipinski definition) is 6. The molecule has 0 unspecified atom stereocenters. The van der Waals surface area contributed by atoms with E-state index in [2.05, 4.69) is 30.6 Å². The Balaban J connectivity index is 2.13. The molecule has 0 aliphatic heterocycles. The maximum absolute atomic E-state index is 14.4. The number of aliphatic hydroxyl groups is 1. The predicted molar refractivity (Wildman–Crippen MR) is 78.5 cm³/mol. The summed E-state index contributed by atoms with van der Waals surface area (Å²) >= 11 is 0. The first kappa shape index (κ1) is 17.0. The lowest BCUT2D eigenvalue weighted by atomic mass is 9.77. The number of nitrogens with zero attached hydrogens (tertiary/aromatic N) is 5. The number of benzene rings is 1. The largest absolute Gasteiger partial charge is 0.384 e. The van der Waals surface area contributed by atoms with Gasteiger partial charge in [0.05, 0.1) is 11.9 Å². The molecule has 2 atom stereocenters. The molecule has 0 spiro atoms. The van der Waals surface area contributed by atoms with Crippen molar-refractivity contribution in [3.05, 3.63) is 65.3 Å². The molecular formula is C15H13F3N6O. The second-order valence-corrected chi connectivity index (χ2v) is 5.53. The molecule has 0 amide bonds. The number of halogens is 3. The third-order valence-electron chi connectivity index (χ3n) is 4.04. The van der Waals surface area contributed by atoms with Crippen molar-refractivity contribution in [2.45, 2.75) is 24.9 Å². The summed E-state index contributed by atoms with van der Waals surface area (Å²) in [7, 11) is 0. The monoisotopic (exact) mass is 350 g/mol. The van der Waals surface area contributed by atoms with Crippen molar-refractivity contribution in [3.63, 3.8) is 0 Å². The Morgan fingerprint density at radius 2 is 2.04 bits per heavy atom. The van der Waals surface area contributed by atoms with Crippen LogP contribution in [0.4, 0.5) is 13.2 Å². The van der Waals surface area contributed by atoms with Gasteiger partial charge in [0.2, 0.25) is 0 Å². The Kier molecular flexibility index (Phi) is 4.45. The molecule has 10 heteroatoms. The predicted octanol–water partition coefficient (Wildman–Crippen LogP) is 1.64. The zero-order valence-electron chi connectivity index (χ0n) is 13.0. The topological polar surface area (TPSA) is 100 Å². The first-order valence-corrected chi connectivity index (χ1v) is 7.27. The summed E-state index contributed by atoms with van der Waals surface area (Å²) in [5.41, 5.74) is -2.36. The molecule has 2 N–H and O–H groups in total. The van der Waals surface area contributed by atoms with Gasteiger partial charge in [-0.15, -0.1) is 10.2 Å². The van der Waals surface area contributed by atoms with E-state index in [0.29, 0.717) is 6.07 Å². The summed E-state index contributed by atoms with van der Waals surface area (Å²) in [4.78, 5) is 7.40. The van der Waals surface area contributed by atoms with Crippen molar-refractivity contribution in [3.8, 4) is 0 Å². The van der Waals surface area contributed by atoms with Crippen LogP contribution in [-0.4, -0.2) is 35.7 Å². The smallest absolute Gasteiger partial charge is 0.177 e. The number of hydrogen-bond donors (Lipinski definition) is 2. The van der Waals surface area contributed by atoms with Crippen molar-refractivity contribution in [1.82, 2.24) is 30.6 Å². The molecule has 1 aromatic carbocycles. The molecule has 25 heavy (non-hydrogen) atoms. The van der Waals surface area contributed by atoms with Crippen LogP contribution in [0.15, 0.2) is 30.7 Å². The van der Waals surface area contributed by atoms with Gasteiger partial charge in [0.1, 0.15) is 23.6 Å². The molecule has 3 rings (SSSR count). The molecule has 3 aromatic rings. The average molecular weight is 350 g/mol. The van der Waals surface area contributed by atoms with E-state index in [-0.39, 0.29) is 23.5 Å². The highest BCUT2D eigenvalue weighted by atomic mass is 19.1. The van der Waals surface area contributed by atoms with Crippen LogP contribution in [-0.2, 0) is 12.0 Å². The fraction of sp³-hybridized carbons (Fsp3) is 0.267. The van der Waals surface area contributed by atoms with Gasteiger partial charge in [0.15, 0.2) is 11.6 Å². The van der Waals surface area contributed by atoms with Gasteiger partial charge in [-0.25, -0.2) is 23.1 Å². The van der Waals surface area contributed by atoms with Gasteiger partial charge >= 0.3 is 0 Å². The Hall–Kier alpha value is -2.88. The summed E-state index contributed by atoms with van der Waals surface area (Å²) in [5, 5.41) is 24.4. The summed E-state index contributed by atoms with van der Waals surface area (Å²) in [6.45, 7) is 1.47. The maximum atomic E-state index is 14.4. The highest BCUT2D eigenvalue weighted by Crippen LogP contribution is 2.40. The minimum absolute atomic E-state index is 0.0764. The highest BCUT2D eigenvalue weighted by Gasteiger charge is 2.42. The molecule has 7 nitrogen and oxygen atoms in total. The first-order chi connectivity index (χ1) is 11.9. The van der Waals surface area contributed by atoms with Crippen molar-refractivity contribution in [1.29, 1.82) is 0 Å². The lowest BCUT2D eigenvalue weighted by Gasteiger charge is -2.33. The van der Waals surface area contributed by atoms with Gasteiger partial charge in [0, 0.05) is 24.0 Å². The maximum Gasteiger partial charge on any atom is 0.177 e. The fourth-order valence-electron chi connectivity index (χ4n) is 2.69. The molecule has 2 aromatic heterocycles. The molecule has 2 heterocycles. The SMILES string of the molecule is C[C@@H](c1ncncc1F)[C@](O)(Cc1nn[nH]n1)c1ccc(F)cc1F. The molecule has 0 fully saturated rings. The quantitative estimate of drug-likeness (QED) is 0.726. The van der Waals surface area contributed by atoms with E-state index in [4.69, 9.17) is 0 Å². The Labute approximate surface area is 140 Å². The second kappa shape index (κ2) is 6.55. The van der Waals surface area contributed by atoms with Crippen LogP contribution < -0.4 is 0 Å². The molecular weight excluding hydrogens is 337 g/mol. The molecule has 0 aliphatic carbocycles. The van der Waals surface area contributed by atoms with Crippen LogP contribution in [0.2, 0.25) is 0 Å². The van der Waals surface area contributed by atoms with E-state index in [9.17, 15) is 18.3 Å². The highest BCUT2D eigenvalue weighted by molar-refractivity contribution is 5.31. The second-order valence-electron chi connectivity index (χ2n) is 5.53. The third-order valence-corrected chi connectivity index (χ3v) is 4.04. The van der Waals surface area contributed by atoms with Gasteiger partial charge < -0.3 is 5.11 Å². The number of nitrogens with one attached hydrogen (secondary N) is 1. The number of tetrazole rings is 1. The fourth-order valence-corrected chi connectivity index (χ4v) is 2.69. The molecule has 0 saturated heterocycles. The van der Waals surface area contributed by atoms with Gasteiger partial charge in [-0.3, -0.25) is 0 Å². The molecule has 130 valence electrons. The van der Waals surface area contributed by atoms with E-state index in [1.807, 2.05) is 0 Å². The van der Waals surface area contributed by atoms with E-state index in [1.165, 1.54) is 6.92 Å². The number of H-pyrrole nitrogens is 1. The normalized spacial score (nSPS) is 14.9. The number of aromatic amines is 1. The van der Waals surface area contributed by atoms with E-state index >= 15 is 0 Å². The summed E-state index contributed by atoms with van der Waals surface area (Å²) in [6.07, 6.45) is 1.76. The van der Waals surface area contributed by atoms with Crippen LogP contribution in [0, 0.1) is 17.5 Å². The first-order valence-electron chi connectivity index (χ1n) is 7.27. The minimum Gasteiger partial charge on any atom is -0.384 e. The Morgan fingerprint density at radius 3 is 2.68 bits per heavy atom. The Morgan fingerprint density at radius 1 is 1.24 bits per heavy atom. The van der Waals surface area contributed by atoms with Crippen molar-refractivity contribution < 1.29 is 18.3 Å². The van der Waals surface area contributed by atoms with Crippen LogP contribution in [0.1, 0.15) is 29.9 Å². The van der Waals surface area contributed by atoms with Crippen LogP contribution in [0.5, 0.6) is 0 Å². The Bertz CT molecular complexity index is 875. The zero-order chi connectivity index (χ0) is 18.0. The lowest BCUT2D eigenvalue weighted by Crippen LogP contribution is -2.37. The third kappa shape index (κ3) is 3.20. The van der Waals surface area contributed by atoms with Crippen molar-refractivity contribution in [2.24, 2.45) is 0 Å². The number of aromatic nitrogens is 6. The summed E-state index contributed by atoms with van der Waals surface area (Å²) < 4.78 is 41.7. The lowest BCUT2D eigenvalue weighted by molar-refractivity contribution is 0.00497. The van der Waals surface area contributed by atoms with Crippen molar-refractivity contribution >= 4 is 0 Å². The van der Waals surface area contributed by atoms with Crippen LogP contribution in [0.3, 0.4) is 0 Å². The van der Waals surface area contributed by atoms with Crippen molar-refractivity contribution in [2.75, 3.05) is 0 Å². The molecule has 0 saturated carbocycles.